The van der Waals surface area contributed by atoms with Crippen molar-refractivity contribution in [2.24, 2.45) is 0 Å². The fourth-order valence-corrected chi connectivity index (χ4v) is 1.75. The van der Waals surface area contributed by atoms with Crippen molar-refractivity contribution in [1.29, 1.82) is 0 Å². The van der Waals surface area contributed by atoms with Crippen molar-refractivity contribution in [3.63, 3.8) is 0 Å². The van der Waals surface area contributed by atoms with E-state index >= 15 is 0 Å². The van der Waals surface area contributed by atoms with Gasteiger partial charge in [0.25, 0.3) is 0 Å². The lowest BCUT2D eigenvalue weighted by molar-refractivity contribution is 0.457. The van der Waals surface area contributed by atoms with E-state index in [0.29, 0.717) is 5.92 Å². The fraction of sp³-hybridized carbons (Fsp3) is 0.700. The quantitative estimate of drug-likeness (QED) is 0.769. The highest BCUT2D eigenvalue weighted by atomic mass is 16.3. The Morgan fingerprint density at radius 1 is 1.69 bits per heavy atom. The predicted octanol–water partition coefficient (Wildman–Crippen LogP) is 1.70. The maximum atomic E-state index is 5.45. The van der Waals surface area contributed by atoms with Gasteiger partial charge in [0.2, 0.25) is 0 Å². The summed E-state index contributed by atoms with van der Waals surface area (Å²) in [6.07, 6.45) is 5.13. The average molecular weight is 180 g/mol. The second-order valence-electron chi connectivity index (χ2n) is 3.62. The van der Waals surface area contributed by atoms with Crippen LogP contribution in [-0.4, -0.2) is 18.1 Å². The molecule has 0 amide bonds. The summed E-state index contributed by atoms with van der Waals surface area (Å²) in [5, 5.41) is 3.31. The third-order valence-electron chi connectivity index (χ3n) is 2.49. The lowest BCUT2D eigenvalue weighted by Gasteiger charge is -2.00. The van der Waals surface area contributed by atoms with E-state index in [0.717, 1.165) is 43.9 Å². The Morgan fingerprint density at radius 3 is 3.31 bits per heavy atom. The zero-order chi connectivity index (χ0) is 9.10. The summed E-state index contributed by atoms with van der Waals surface area (Å²) < 4.78 is 5.45. The lowest BCUT2D eigenvalue weighted by atomic mass is 10.1. The van der Waals surface area contributed by atoms with Gasteiger partial charge in [0.05, 0.1) is 5.69 Å². The molecule has 1 atom stereocenters. The van der Waals surface area contributed by atoms with Gasteiger partial charge in [0.15, 0.2) is 5.89 Å². The zero-order valence-corrected chi connectivity index (χ0v) is 8.05. The average Bonchev–Trinajstić information content (AvgIpc) is 2.70. The summed E-state index contributed by atoms with van der Waals surface area (Å²) in [6.45, 7) is 4.27. The van der Waals surface area contributed by atoms with E-state index in [2.05, 4.69) is 17.2 Å². The van der Waals surface area contributed by atoms with Crippen molar-refractivity contribution in [3.05, 3.63) is 17.8 Å². The summed E-state index contributed by atoms with van der Waals surface area (Å²) in [6, 6.07) is 0. The molecule has 72 valence electrons. The first-order valence-electron chi connectivity index (χ1n) is 5.05. The maximum absolute atomic E-state index is 5.45. The lowest BCUT2D eigenvalue weighted by Crippen LogP contribution is -2.08. The highest BCUT2D eigenvalue weighted by molar-refractivity contribution is 5.03. The second kappa shape index (κ2) is 3.92. The van der Waals surface area contributed by atoms with Crippen molar-refractivity contribution in [3.8, 4) is 0 Å². The van der Waals surface area contributed by atoms with Crippen molar-refractivity contribution < 1.29 is 4.42 Å². The molecule has 0 aliphatic carbocycles. The van der Waals surface area contributed by atoms with E-state index < -0.39 is 0 Å². The van der Waals surface area contributed by atoms with Crippen LogP contribution in [0.1, 0.15) is 37.3 Å². The number of aromatic nitrogens is 1. The Morgan fingerprint density at radius 2 is 2.62 bits per heavy atom. The monoisotopic (exact) mass is 180 g/mol. The molecule has 0 spiro atoms. The minimum atomic E-state index is 0.505. The molecule has 13 heavy (non-hydrogen) atoms. The molecule has 3 heteroatoms. The molecule has 3 nitrogen and oxygen atoms in total. The van der Waals surface area contributed by atoms with Crippen LogP contribution < -0.4 is 5.32 Å². The molecule has 0 bridgehead atoms. The number of rotatable bonds is 3. The van der Waals surface area contributed by atoms with Crippen molar-refractivity contribution in [2.45, 2.75) is 32.1 Å². The Labute approximate surface area is 78.5 Å². The van der Waals surface area contributed by atoms with Crippen LogP contribution >= 0.6 is 0 Å². The van der Waals surface area contributed by atoms with Gasteiger partial charge in [-0.3, -0.25) is 0 Å². The van der Waals surface area contributed by atoms with Crippen LogP contribution in [0, 0.1) is 0 Å². The van der Waals surface area contributed by atoms with Crippen LogP contribution in [-0.2, 0) is 6.42 Å². The molecule has 1 aromatic heterocycles. The summed E-state index contributed by atoms with van der Waals surface area (Å²) in [4.78, 5) is 4.48. The highest BCUT2D eigenvalue weighted by Crippen LogP contribution is 2.21. The van der Waals surface area contributed by atoms with Crippen molar-refractivity contribution >= 4 is 0 Å². The van der Waals surface area contributed by atoms with Gasteiger partial charge in [-0.25, -0.2) is 4.98 Å². The third kappa shape index (κ3) is 1.91. The normalized spacial score (nSPS) is 22.4. The predicted molar refractivity (Wildman–Crippen MR) is 50.7 cm³/mol. The molecule has 1 unspecified atom stereocenters. The Bertz CT molecular complexity index is 264. The number of hydrogen-bond acceptors (Lipinski definition) is 3. The largest absolute Gasteiger partial charge is 0.448 e. The van der Waals surface area contributed by atoms with Crippen LogP contribution in [0.5, 0.6) is 0 Å². The Hall–Kier alpha value is -0.830. The fourth-order valence-electron chi connectivity index (χ4n) is 1.75. The van der Waals surface area contributed by atoms with Gasteiger partial charge in [-0.2, -0.15) is 0 Å². The molecule has 0 saturated carbocycles. The smallest absolute Gasteiger partial charge is 0.198 e. The summed E-state index contributed by atoms with van der Waals surface area (Å²) in [5.74, 6) is 1.43. The Kier molecular flexibility index (Phi) is 2.64. The number of nitrogens with one attached hydrogen (secondary N) is 1. The number of hydrogen-bond donors (Lipinski definition) is 1. The number of oxazole rings is 1. The number of nitrogens with zero attached hydrogens (tertiary/aromatic N) is 1. The molecule has 2 rings (SSSR count). The van der Waals surface area contributed by atoms with Gasteiger partial charge in [-0.05, 0) is 19.4 Å². The zero-order valence-electron chi connectivity index (χ0n) is 8.05. The van der Waals surface area contributed by atoms with Gasteiger partial charge >= 0.3 is 0 Å². The molecule has 1 saturated heterocycles. The highest BCUT2D eigenvalue weighted by Gasteiger charge is 2.21. The van der Waals surface area contributed by atoms with E-state index in [1.54, 1.807) is 6.26 Å². The van der Waals surface area contributed by atoms with Gasteiger partial charge in [-0.1, -0.05) is 13.3 Å². The maximum Gasteiger partial charge on any atom is 0.198 e. The molecule has 1 aliphatic rings. The first-order valence-corrected chi connectivity index (χ1v) is 5.05. The van der Waals surface area contributed by atoms with E-state index in [1.165, 1.54) is 0 Å². The van der Waals surface area contributed by atoms with Crippen LogP contribution in [0.15, 0.2) is 10.7 Å². The van der Waals surface area contributed by atoms with Crippen LogP contribution in [0.25, 0.3) is 0 Å². The van der Waals surface area contributed by atoms with Crippen molar-refractivity contribution in [1.82, 2.24) is 10.3 Å². The van der Waals surface area contributed by atoms with Crippen LogP contribution in [0.3, 0.4) is 0 Å². The van der Waals surface area contributed by atoms with Crippen molar-refractivity contribution in [2.75, 3.05) is 13.1 Å². The summed E-state index contributed by atoms with van der Waals surface area (Å²) in [5.41, 5.74) is 1.10. The molecular formula is C10H16N2O. The standard InChI is InChI=1S/C10H16N2O/c1-2-3-9-7-13-10(12-9)8-4-5-11-6-8/h7-8,11H,2-6H2,1H3. The third-order valence-corrected chi connectivity index (χ3v) is 2.49. The molecular weight excluding hydrogens is 164 g/mol. The molecule has 0 radical (unpaired) electrons. The molecule has 0 aromatic carbocycles. The first-order chi connectivity index (χ1) is 6.40. The van der Waals surface area contributed by atoms with E-state index in [4.69, 9.17) is 4.42 Å². The second-order valence-corrected chi connectivity index (χ2v) is 3.62. The minimum absolute atomic E-state index is 0.505. The van der Waals surface area contributed by atoms with Crippen LogP contribution in [0.2, 0.25) is 0 Å². The Balaban J connectivity index is 2.03. The van der Waals surface area contributed by atoms with Gasteiger partial charge < -0.3 is 9.73 Å². The number of aryl methyl sites for hydroxylation is 1. The van der Waals surface area contributed by atoms with Gasteiger partial charge in [0.1, 0.15) is 6.26 Å². The molecule has 2 heterocycles. The molecule has 1 aromatic rings. The first kappa shape index (κ1) is 8.75. The summed E-state index contributed by atoms with van der Waals surface area (Å²) >= 11 is 0. The molecule has 1 fully saturated rings. The topological polar surface area (TPSA) is 38.1 Å². The van der Waals surface area contributed by atoms with E-state index in [9.17, 15) is 0 Å². The SMILES string of the molecule is CCCc1coc(C2CCNC2)n1. The van der Waals surface area contributed by atoms with E-state index in [1.807, 2.05) is 0 Å². The molecule has 1 aliphatic heterocycles. The summed E-state index contributed by atoms with van der Waals surface area (Å²) in [7, 11) is 0. The van der Waals surface area contributed by atoms with Crippen LogP contribution in [0.4, 0.5) is 0 Å². The van der Waals surface area contributed by atoms with E-state index in [-0.39, 0.29) is 0 Å². The van der Waals surface area contributed by atoms with Gasteiger partial charge in [0, 0.05) is 12.5 Å². The molecule has 1 N–H and O–H groups in total. The minimum Gasteiger partial charge on any atom is -0.448 e. The van der Waals surface area contributed by atoms with Gasteiger partial charge in [-0.15, -0.1) is 0 Å².